The van der Waals surface area contributed by atoms with E-state index in [0.29, 0.717) is 29.6 Å². The first kappa shape index (κ1) is 53.0. The summed E-state index contributed by atoms with van der Waals surface area (Å²) in [5, 5.41) is 33.9. The monoisotopic (exact) mass is 727 g/mol. The van der Waals surface area contributed by atoms with Crippen molar-refractivity contribution in [2.45, 2.75) is 171 Å². The fourth-order valence-corrected chi connectivity index (χ4v) is 4.71. The Hall–Kier alpha value is 0.200. The van der Waals surface area contributed by atoms with Gasteiger partial charge in [0.2, 0.25) is 0 Å². The van der Waals surface area contributed by atoms with E-state index in [2.05, 4.69) is 117 Å². The molecule has 0 spiro atoms. The molecule has 0 aliphatic heterocycles. The SMILES string of the molecule is CCC(C)C(Br)CC.CCC(C)C(C)CNC(CO)C(C)CC.CCC(C)C(N)CNC(CO)C(C)CC.CCC(C)C(N)CO. The minimum atomic E-state index is -0.0278. The molecule has 0 aliphatic rings. The predicted molar refractivity (Wildman–Crippen MR) is 210 cm³/mol. The number of hydrogen-bond donors (Lipinski definition) is 7. The van der Waals surface area contributed by atoms with Gasteiger partial charge in [0.15, 0.2) is 0 Å². The van der Waals surface area contributed by atoms with Gasteiger partial charge in [0.1, 0.15) is 0 Å². The smallest absolute Gasteiger partial charge is 0.0587 e. The summed E-state index contributed by atoms with van der Waals surface area (Å²) in [4.78, 5) is 0.729. The molecule has 0 bridgehead atoms. The fourth-order valence-electron chi connectivity index (χ4n) is 4.33. The second kappa shape index (κ2) is 35.0. The van der Waals surface area contributed by atoms with E-state index < -0.39 is 0 Å². The van der Waals surface area contributed by atoms with Gasteiger partial charge in [-0.3, -0.25) is 0 Å². The Labute approximate surface area is 297 Å². The summed E-state index contributed by atoms with van der Waals surface area (Å²) < 4.78 is 0. The van der Waals surface area contributed by atoms with Crippen LogP contribution in [0.1, 0.15) is 142 Å². The summed E-state index contributed by atoms with van der Waals surface area (Å²) in [6.45, 7) is 33.0. The van der Waals surface area contributed by atoms with Gasteiger partial charge >= 0.3 is 0 Å². The molecule has 0 aromatic heterocycles. The van der Waals surface area contributed by atoms with Crippen molar-refractivity contribution < 1.29 is 15.3 Å². The average molecular weight is 728 g/mol. The summed E-state index contributed by atoms with van der Waals surface area (Å²) in [5.74, 6) is 4.31. The maximum absolute atomic E-state index is 9.27. The fraction of sp³-hybridized carbons (Fsp3) is 1.00. The zero-order valence-electron chi connectivity index (χ0n) is 33.3. The molecule has 12 atom stereocenters. The molecule has 0 saturated heterocycles. The topological polar surface area (TPSA) is 137 Å². The van der Waals surface area contributed by atoms with Crippen molar-refractivity contribution in [3.05, 3.63) is 0 Å². The van der Waals surface area contributed by atoms with E-state index in [1.54, 1.807) is 0 Å². The summed E-state index contributed by atoms with van der Waals surface area (Å²) in [7, 11) is 0. The van der Waals surface area contributed by atoms with Gasteiger partial charge in [-0.25, -0.2) is 0 Å². The lowest BCUT2D eigenvalue weighted by atomic mass is 9.92. The van der Waals surface area contributed by atoms with Crippen LogP contribution in [0.4, 0.5) is 0 Å². The quantitative estimate of drug-likeness (QED) is 0.0572. The number of aliphatic hydroxyl groups is 3. The van der Waals surface area contributed by atoms with Gasteiger partial charge in [-0.05, 0) is 54.4 Å². The van der Waals surface area contributed by atoms with E-state index in [1.165, 1.54) is 19.3 Å². The van der Waals surface area contributed by atoms with Crippen LogP contribution < -0.4 is 22.1 Å². The third kappa shape index (κ3) is 28.1. The first-order valence-corrected chi connectivity index (χ1v) is 19.9. The van der Waals surface area contributed by atoms with Gasteiger partial charge in [-0.15, -0.1) is 0 Å². The summed E-state index contributed by atoms with van der Waals surface area (Å²) in [6, 6.07) is 0.611. The largest absolute Gasteiger partial charge is 0.395 e. The number of nitrogens with one attached hydrogen (secondary N) is 2. The van der Waals surface area contributed by atoms with Crippen molar-refractivity contribution in [2.75, 3.05) is 32.9 Å². The Kier molecular flexibility index (Phi) is 40.4. The Morgan fingerprint density at radius 1 is 0.435 bits per heavy atom. The lowest BCUT2D eigenvalue weighted by molar-refractivity contribution is 0.192. The van der Waals surface area contributed by atoms with Crippen molar-refractivity contribution in [3.63, 3.8) is 0 Å². The Bertz CT molecular complexity index is 540. The second-order valence-electron chi connectivity index (χ2n) is 14.1. The molecule has 7 nitrogen and oxygen atoms in total. The standard InChI is InChI=1S/C13H29NO.C12H28N2O.C7H15Br.C6H15NO/c1-6-10(3)12(5)8-14-13(9-15)11(4)7-2;1-5-9(3)11(13)7-14-12(8-15)10(4)6-2;1-4-6(3)7(8)5-2;1-3-5(2)6(7)4-8/h10-15H,6-9H2,1-5H3;9-12,14-15H,5-8,13H2,1-4H3;6-7H,4-5H2,1-3H3;5-6,8H,3-4,7H2,1-2H3. The van der Waals surface area contributed by atoms with E-state index in [4.69, 9.17) is 16.6 Å². The number of aliphatic hydroxyl groups excluding tert-OH is 3. The maximum atomic E-state index is 9.27. The van der Waals surface area contributed by atoms with Crippen molar-refractivity contribution in [1.29, 1.82) is 0 Å². The molecule has 0 aromatic carbocycles. The van der Waals surface area contributed by atoms with Crippen LogP contribution >= 0.6 is 15.9 Å². The molecule has 0 aromatic rings. The van der Waals surface area contributed by atoms with Crippen molar-refractivity contribution in [1.82, 2.24) is 10.6 Å². The molecule has 12 unspecified atom stereocenters. The molecule has 0 heterocycles. The molecular weight excluding hydrogens is 640 g/mol. The van der Waals surface area contributed by atoms with Gasteiger partial charge in [0.25, 0.3) is 0 Å². The normalized spacial score (nSPS) is 19.0. The van der Waals surface area contributed by atoms with E-state index in [0.717, 1.165) is 55.4 Å². The third-order valence-electron chi connectivity index (χ3n) is 10.6. The molecule has 0 fully saturated rings. The predicted octanol–water partition coefficient (Wildman–Crippen LogP) is 7.58. The van der Waals surface area contributed by atoms with E-state index in [1.807, 2.05) is 6.92 Å². The molecule has 0 aliphatic carbocycles. The minimum Gasteiger partial charge on any atom is -0.395 e. The van der Waals surface area contributed by atoms with Crippen LogP contribution in [0.15, 0.2) is 0 Å². The molecular formula is C38H87BrN4O3. The average Bonchev–Trinajstić information content (AvgIpc) is 3.09. The van der Waals surface area contributed by atoms with Gasteiger partial charge in [-0.2, -0.15) is 0 Å². The molecule has 8 heteroatoms. The van der Waals surface area contributed by atoms with E-state index in [-0.39, 0.29) is 44.0 Å². The van der Waals surface area contributed by atoms with E-state index >= 15 is 0 Å². The highest BCUT2D eigenvalue weighted by Gasteiger charge is 2.18. The molecule has 0 radical (unpaired) electrons. The summed E-state index contributed by atoms with van der Waals surface area (Å²) in [5.41, 5.74) is 11.5. The summed E-state index contributed by atoms with van der Waals surface area (Å²) in [6.07, 6.45) is 8.11. The number of rotatable bonds is 22. The molecule has 0 rings (SSSR count). The Morgan fingerprint density at radius 2 is 0.783 bits per heavy atom. The number of halogens is 1. The van der Waals surface area contributed by atoms with Crippen LogP contribution in [-0.4, -0.2) is 77.2 Å². The van der Waals surface area contributed by atoms with Crippen molar-refractivity contribution in [2.24, 2.45) is 52.9 Å². The van der Waals surface area contributed by atoms with Crippen LogP contribution in [0.2, 0.25) is 0 Å². The molecule has 46 heavy (non-hydrogen) atoms. The maximum Gasteiger partial charge on any atom is 0.0587 e. The first-order valence-electron chi connectivity index (χ1n) is 19.0. The lowest BCUT2D eigenvalue weighted by Gasteiger charge is -2.26. The molecule has 0 amide bonds. The second-order valence-corrected chi connectivity index (χ2v) is 15.3. The summed E-state index contributed by atoms with van der Waals surface area (Å²) >= 11 is 3.60. The van der Waals surface area contributed by atoms with Crippen LogP contribution in [0.3, 0.4) is 0 Å². The zero-order valence-corrected chi connectivity index (χ0v) is 34.9. The highest BCUT2D eigenvalue weighted by atomic mass is 79.9. The first-order chi connectivity index (χ1) is 21.6. The zero-order chi connectivity index (χ0) is 36.8. The van der Waals surface area contributed by atoms with Gasteiger partial charge < -0.3 is 37.4 Å². The lowest BCUT2D eigenvalue weighted by Crippen LogP contribution is -2.46. The minimum absolute atomic E-state index is 0.0278. The molecule has 9 N–H and O–H groups in total. The Balaban J connectivity index is -0.000000267. The number of nitrogens with two attached hydrogens (primary N) is 2. The van der Waals surface area contributed by atoms with Gasteiger partial charge in [-0.1, -0.05) is 151 Å². The molecule has 284 valence electrons. The van der Waals surface area contributed by atoms with Crippen molar-refractivity contribution in [3.8, 4) is 0 Å². The van der Waals surface area contributed by atoms with Crippen molar-refractivity contribution >= 4 is 15.9 Å². The third-order valence-corrected chi connectivity index (χ3v) is 12.2. The van der Waals surface area contributed by atoms with Crippen LogP contribution in [0.25, 0.3) is 0 Å². The van der Waals surface area contributed by atoms with Crippen LogP contribution in [0.5, 0.6) is 0 Å². The van der Waals surface area contributed by atoms with Crippen LogP contribution in [-0.2, 0) is 0 Å². The van der Waals surface area contributed by atoms with E-state index in [9.17, 15) is 10.2 Å². The Morgan fingerprint density at radius 3 is 1.04 bits per heavy atom. The van der Waals surface area contributed by atoms with Gasteiger partial charge in [0.05, 0.1) is 19.8 Å². The van der Waals surface area contributed by atoms with Gasteiger partial charge in [0, 0.05) is 35.5 Å². The van der Waals surface area contributed by atoms with Crippen LogP contribution in [0, 0.1) is 41.4 Å². The highest BCUT2D eigenvalue weighted by molar-refractivity contribution is 9.09. The molecule has 0 saturated carbocycles. The number of alkyl halides is 1. The highest BCUT2D eigenvalue weighted by Crippen LogP contribution is 2.18. The number of hydrogen-bond acceptors (Lipinski definition) is 7.